The molecule has 1 aliphatic carbocycles. The van der Waals surface area contributed by atoms with Crippen LogP contribution in [0.1, 0.15) is 26.2 Å². The molecular weight excluding hydrogens is 190 g/mol. The normalized spacial score (nSPS) is 41.6. The molecule has 1 fully saturated rings. The average molecular weight is 207 g/mol. The highest BCUT2D eigenvalue weighted by molar-refractivity contribution is 7.82. The lowest BCUT2D eigenvalue weighted by molar-refractivity contribution is 0.660. The molecule has 1 unspecified atom stereocenters. The van der Waals surface area contributed by atoms with E-state index < -0.39 is 0 Å². The van der Waals surface area contributed by atoms with Gasteiger partial charge in [0, 0.05) is 17.0 Å². The van der Waals surface area contributed by atoms with Crippen LogP contribution in [0.15, 0.2) is 35.6 Å². The van der Waals surface area contributed by atoms with Crippen molar-refractivity contribution in [3.8, 4) is 0 Å². The molecular formula is C12H17NS. The summed E-state index contributed by atoms with van der Waals surface area (Å²) < 4.78 is -0.112. The van der Waals surface area contributed by atoms with Gasteiger partial charge < -0.3 is 5.32 Å². The molecule has 0 aromatic heterocycles. The first-order valence-corrected chi connectivity index (χ1v) is 5.68. The van der Waals surface area contributed by atoms with Crippen LogP contribution in [0.4, 0.5) is 0 Å². The zero-order chi connectivity index (χ0) is 10.0. The number of thiol groups is 1. The highest BCUT2D eigenvalue weighted by Crippen LogP contribution is 2.27. The van der Waals surface area contributed by atoms with Crippen molar-refractivity contribution in [2.75, 3.05) is 6.54 Å². The topological polar surface area (TPSA) is 12.0 Å². The second kappa shape index (κ2) is 3.85. The third kappa shape index (κ3) is 2.24. The van der Waals surface area contributed by atoms with Crippen LogP contribution in [0.2, 0.25) is 0 Å². The quantitative estimate of drug-likeness (QED) is 0.460. The van der Waals surface area contributed by atoms with Crippen molar-refractivity contribution in [1.82, 2.24) is 5.32 Å². The Morgan fingerprint density at radius 1 is 1.50 bits per heavy atom. The summed E-state index contributed by atoms with van der Waals surface area (Å²) in [4.78, 5) is 0. The van der Waals surface area contributed by atoms with Gasteiger partial charge in [0.15, 0.2) is 0 Å². The smallest absolute Gasteiger partial charge is 0.0483 e. The Bertz CT molecular complexity index is 310. The van der Waals surface area contributed by atoms with Crippen molar-refractivity contribution in [1.29, 1.82) is 0 Å². The van der Waals surface area contributed by atoms with E-state index >= 15 is 0 Å². The highest BCUT2D eigenvalue weighted by Gasteiger charge is 2.18. The van der Waals surface area contributed by atoms with Gasteiger partial charge in [-0.3, -0.25) is 0 Å². The maximum absolute atomic E-state index is 4.62. The minimum atomic E-state index is -0.112. The molecule has 0 aromatic carbocycles. The third-order valence-electron chi connectivity index (χ3n) is 2.68. The fraction of sp³-hybridized carbons (Fsp3) is 0.500. The molecule has 1 heterocycles. The Kier molecular flexibility index (Phi) is 2.73. The van der Waals surface area contributed by atoms with Crippen LogP contribution in [-0.2, 0) is 0 Å². The number of hydrogen-bond donors (Lipinski definition) is 2. The van der Waals surface area contributed by atoms with Crippen molar-refractivity contribution >= 4 is 12.6 Å². The molecule has 1 N–H and O–H groups in total. The molecule has 0 bridgehead atoms. The van der Waals surface area contributed by atoms with Crippen molar-refractivity contribution in [2.24, 2.45) is 0 Å². The van der Waals surface area contributed by atoms with E-state index in [-0.39, 0.29) is 4.75 Å². The maximum Gasteiger partial charge on any atom is 0.0483 e. The van der Waals surface area contributed by atoms with Gasteiger partial charge in [-0.15, -0.1) is 0 Å². The van der Waals surface area contributed by atoms with Gasteiger partial charge in [-0.25, -0.2) is 0 Å². The van der Waals surface area contributed by atoms with Crippen LogP contribution < -0.4 is 5.32 Å². The Hall–Kier alpha value is -0.630. The Labute approximate surface area is 91.4 Å². The van der Waals surface area contributed by atoms with E-state index in [2.05, 4.69) is 49.2 Å². The minimum absolute atomic E-state index is 0.112. The van der Waals surface area contributed by atoms with Gasteiger partial charge in [-0.2, -0.15) is 12.6 Å². The number of nitrogens with one attached hydrogen (secondary N) is 1. The Morgan fingerprint density at radius 3 is 3.21 bits per heavy atom. The van der Waals surface area contributed by atoms with E-state index in [1.165, 1.54) is 24.1 Å². The summed E-state index contributed by atoms with van der Waals surface area (Å²) in [5.41, 5.74) is 2.75. The molecule has 0 aromatic rings. The van der Waals surface area contributed by atoms with Gasteiger partial charge in [0.25, 0.3) is 0 Å². The summed E-state index contributed by atoms with van der Waals surface area (Å²) in [6, 6.07) is 0. The van der Waals surface area contributed by atoms with Crippen LogP contribution in [0, 0.1) is 0 Å². The van der Waals surface area contributed by atoms with Crippen LogP contribution in [0.3, 0.4) is 0 Å². The molecule has 2 heteroatoms. The number of fused-ring (bicyclic) bond motifs is 1. The zero-order valence-electron chi connectivity index (χ0n) is 8.59. The van der Waals surface area contributed by atoms with Crippen molar-refractivity contribution in [3.05, 3.63) is 35.6 Å². The summed E-state index contributed by atoms with van der Waals surface area (Å²) >= 11 is 4.62. The van der Waals surface area contributed by atoms with Crippen molar-refractivity contribution in [2.45, 2.75) is 30.9 Å². The molecule has 0 radical (unpaired) electrons. The van der Waals surface area contributed by atoms with E-state index in [1.807, 2.05) is 0 Å². The molecule has 1 nitrogen and oxygen atoms in total. The standard InChI is InChI=1S/C12H17NS/c1-12(14)7-3-2-5-10-6-4-8-13-11(10)9-12/h3,5,7,9,13-14H,2,4,6,8H2,1H3/b7-3-,10-5-,11-9+. The van der Waals surface area contributed by atoms with E-state index in [4.69, 9.17) is 0 Å². The SMILES string of the molecule is CC1(S)/C=C\C/C=C2/CCCN/C2=C/1. The first-order chi connectivity index (χ1) is 6.67. The van der Waals surface area contributed by atoms with Crippen LogP contribution in [0.5, 0.6) is 0 Å². The van der Waals surface area contributed by atoms with Crippen LogP contribution in [-0.4, -0.2) is 11.3 Å². The second-order valence-electron chi connectivity index (χ2n) is 4.18. The molecule has 76 valence electrons. The average Bonchev–Trinajstić information content (AvgIpc) is 2.11. The summed E-state index contributed by atoms with van der Waals surface area (Å²) in [7, 11) is 0. The van der Waals surface area contributed by atoms with Gasteiger partial charge in [0.2, 0.25) is 0 Å². The predicted octanol–water partition coefficient (Wildman–Crippen LogP) is 2.83. The van der Waals surface area contributed by atoms with Crippen LogP contribution >= 0.6 is 12.6 Å². The highest BCUT2D eigenvalue weighted by atomic mass is 32.1. The van der Waals surface area contributed by atoms with E-state index in [9.17, 15) is 0 Å². The van der Waals surface area contributed by atoms with E-state index in [0.29, 0.717) is 0 Å². The van der Waals surface area contributed by atoms with Gasteiger partial charge in [-0.05, 0) is 37.8 Å². The predicted molar refractivity (Wildman–Crippen MR) is 64.6 cm³/mol. The van der Waals surface area contributed by atoms with Crippen molar-refractivity contribution < 1.29 is 0 Å². The fourth-order valence-electron chi connectivity index (χ4n) is 1.96. The van der Waals surface area contributed by atoms with Gasteiger partial charge in [-0.1, -0.05) is 18.2 Å². The summed E-state index contributed by atoms with van der Waals surface area (Å²) in [6.07, 6.45) is 12.4. The lowest BCUT2D eigenvalue weighted by Gasteiger charge is -2.25. The number of rotatable bonds is 0. The van der Waals surface area contributed by atoms with E-state index in [0.717, 1.165) is 13.0 Å². The Balaban J connectivity index is 2.34. The molecule has 1 saturated heterocycles. The first kappa shape index (κ1) is 9.91. The van der Waals surface area contributed by atoms with Gasteiger partial charge in [0.05, 0.1) is 0 Å². The lowest BCUT2D eigenvalue weighted by Crippen LogP contribution is -2.25. The Morgan fingerprint density at radius 2 is 2.36 bits per heavy atom. The van der Waals surface area contributed by atoms with Gasteiger partial charge >= 0.3 is 0 Å². The molecule has 2 aliphatic rings. The molecule has 14 heavy (non-hydrogen) atoms. The monoisotopic (exact) mass is 207 g/mol. The zero-order valence-corrected chi connectivity index (χ0v) is 9.48. The largest absolute Gasteiger partial charge is 0.385 e. The minimum Gasteiger partial charge on any atom is -0.385 e. The first-order valence-electron chi connectivity index (χ1n) is 5.24. The number of hydrogen-bond acceptors (Lipinski definition) is 2. The molecule has 1 aliphatic heterocycles. The lowest BCUT2D eigenvalue weighted by atomic mass is 9.95. The molecule has 0 spiro atoms. The summed E-state index contributed by atoms with van der Waals surface area (Å²) in [6.45, 7) is 3.22. The van der Waals surface area contributed by atoms with Gasteiger partial charge in [0.1, 0.15) is 0 Å². The second-order valence-corrected chi connectivity index (χ2v) is 5.15. The van der Waals surface area contributed by atoms with Crippen molar-refractivity contribution in [3.63, 3.8) is 0 Å². The molecule has 0 amide bonds. The molecule has 1 atom stereocenters. The maximum atomic E-state index is 4.62. The number of allylic oxidation sites excluding steroid dienone is 3. The summed E-state index contributed by atoms with van der Waals surface area (Å²) in [5.74, 6) is 0. The van der Waals surface area contributed by atoms with E-state index in [1.54, 1.807) is 0 Å². The molecule has 2 rings (SSSR count). The number of piperidine rings is 1. The fourth-order valence-corrected chi connectivity index (χ4v) is 2.20. The third-order valence-corrected chi connectivity index (χ3v) is 2.95. The summed E-state index contributed by atoms with van der Waals surface area (Å²) in [5, 5.41) is 3.45. The molecule has 0 saturated carbocycles. The van der Waals surface area contributed by atoms with Crippen LogP contribution in [0.25, 0.3) is 0 Å².